The lowest BCUT2D eigenvalue weighted by molar-refractivity contribution is 0.101. The highest BCUT2D eigenvalue weighted by Crippen LogP contribution is 2.22. The van der Waals surface area contributed by atoms with Gasteiger partial charge in [0.1, 0.15) is 0 Å². The summed E-state index contributed by atoms with van der Waals surface area (Å²) < 4.78 is 3.49. The van der Waals surface area contributed by atoms with Gasteiger partial charge in [-0.05, 0) is 36.8 Å². The highest BCUT2D eigenvalue weighted by Gasteiger charge is 2.18. The van der Waals surface area contributed by atoms with Crippen LogP contribution in [0.1, 0.15) is 21.6 Å². The van der Waals surface area contributed by atoms with Gasteiger partial charge in [-0.1, -0.05) is 53.7 Å². The van der Waals surface area contributed by atoms with E-state index in [1.165, 1.54) is 11.8 Å². The summed E-state index contributed by atoms with van der Waals surface area (Å²) in [5.74, 6) is 0.648. The number of aromatic nitrogens is 5. The standard InChI is InChI=1S/C23H19N5O2S/c1-15-8-10-16(11-9-15)13-27-21(30)17-5-2-3-7-19(17)28-22(27)25-26-23(28)31-14-20(29)18-6-4-12-24-18/h2-12,24H,13-14H2,1H3. The van der Waals surface area contributed by atoms with Gasteiger partial charge in [0.2, 0.25) is 5.78 Å². The molecule has 8 heteroatoms. The second-order valence-corrected chi connectivity index (χ2v) is 8.25. The number of H-pyrrole nitrogens is 1. The average molecular weight is 430 g/mol. The number of nitrogens with zero attached hydrogens (tertiary/aromatic N) is 4. The van der Waals surface area contributed by atoms with Crippen molar-refractivity contribution in [2.45, 2.75) is 18.6 Å². The van der Waals surface area contributed by atoms with Crippen LogP contribution in [-0.2, 0) is 6.54 Å². The van der Waals surface area contributed by atoms with Crippen LogP contribution in [0, 0.1) is 6.92 Å². The van der Waals surface area contributed by atoms with E-state index in [0.29, 0.717) is 28.6 Å². The SMILES string of the molecule is Cc1ccc(Cn2c(=O)c3ccccc3n3c(SCC(=O)c4ccc[nH]4)nnc23)cc1. The first-order valence-electron chi connectivity index (χ1n) is 9.83. The van der Waals surface area contributed by atoms with Crippen molar-refractivity contribution in [3.63, 3.8) is 0 Å². The maximum absolute atomic E-state index is 13.3. The molecule has 0 spiro atoms. The number of hydrogen-bond donors (Lipinski definition) is 1. The van der Waals surface area contributed by atoms with Crippen molar-refractivity contribution in [2.24, 2.45) is 0 Å². The molecular weight excluding hydrogens is 410 g/mol. The third-order valence-corrected chi connectivity index (χ3v) is 6.10. The van der Waals surface area contributed by atoms with Gasteiger partial charge < -0.3 is 4.98 Å². The molecule has 0 unspecified atom stereocenters. The number of hydrogen-bond acceptors (Lipinski definition) is 5. The van der Waals surface area contributed by atoms with E-state index < -0.39 is 0 Å². The molecule has 0 bridgehead atoms. The van der Waals surface area contributed by atoms with Gasteiger partial charge in [-0.2, -0.15) is 0 Å². The van der Waals surface area contributed by atoms with E-state index in [9.17, 15) is 9.59 Å². The maximum Gasteiger partial charge on any atom is 0.263 e. The van der Waals surface area contributed by atoms with Crippen LogP contribution < -0.4 is 5.56 Å². The average Bonchev–Trinajstić information content (AvgIpc) is 3.47. The van der Waals surface area contributed by atoms with Crippen molar-refractivity contribution in [3.05, 3.63) is 94.0 Å². The number of thioether (sulfide) groups is 1. The molecule has 0 aliphatic heterocycles. The summed E-state index contributed by atoms with van der Waals surface area (Å²) in [6.07, 6.45) is 1.72. The summed E-state index contributed by atoms with van der Waals surface area (Å²) in [7, 11) is 0. The molecule has 0 saturated carbocycles. The molecule has 5 rings (SSSR count). The molecule has 0 saturated heterocycles. The Morgan fingerprint density at radius 1 is 1.03 bits per heavy atom. The fourth-order valence-corrected chi connectivity index (χ4v) is 4.38. The lowest BCUT2D eigenvalue weighted by Crippen LogP contribution is -2.24. The van der Waals surface area contributed by atoms with E-state index in [1.54, 1.807) is 29.0 Å². The third-order valence-electron chi connectivity index (χ3n) is 5.17. The molecule has 2 aromatic carbocycles. The Bertz CT molecular complexity index is 1450. The van der Waals surface area contributed by atoms with E-state index in [4.69, 9.17) is 0 Å². The summed E-state index contributed by atoms with van der Waals surface area (Å²) in [6.45, 7) is 2.42. The second kappa shape index (κ2) is 7.88. The Hall–Kier alpha value is -3.65. The summed E-state index contributed by atoms with van der Waals surface area (Å²) in [4.78, 5) is 28.6. The molecule has 1 N–H and O–H groups in total. The quantitative estimate of drug-likeness (QED) is 0.329. The minimum atomic E-state index is -0.116. The molecule has 0 aliphatic carbocycles. The van der Waals surface area contributed by atoms with Gasteiger partial charge >= 0.3 is 0 Å². The van der Waals surface area contributed by atoms with Crippen molar-refractivity contribution < 1.29 is 4.79 Å². The lowest BCUT2D eigenvalue weighted by atomic mass is 10.1. The third kappa shape index (κ3) is 3.55. The van der Waals surface area contributed by atoms with Gasteiger partial charge in [0.15, 0.2) is 10.9 Å². The first-order chi connectivity index (χ1) is 15.1. The first-order valence-corrected chi connectivity index (χ1v) is 10.8. The lowest BCUT2D eigenvalue weighted by Gasteiger charge is -2.11. The number of fused-ring (bicyclic) bond motifs is 3. The van der Waals surface area contributed by atoms with Gasteiger partial charge in [-0.3, -0.25) is 18.6 Å². The van der Waals surface area contributed by atoms with Crippen LogP contribution >= 0.6 is 11.8 Å². The highest BCUT2D eigenvalue weighted by molar-refractivity contribution is 7.99. The summed E-state index contributed by atoms with van der Waals surface area (Å²) in [5, 5.41) is 9.79. The largest absolute Gasteiger partial charge is 0.359 e. The number of Topliss-reactive ketones (excluding diaryl/α,β-unsaturated/α-hetero) is 1. The minimum Gasteiger partial charge on any atom is -0.359 e. The molecule has 3 aromatic heterocycles. The Labute approximate surface area is 181 Å². The number of carbonyl (C=O) groups is 1. The van der Waals surface area contributed by atoms with Gasteiger partial charge in [0.25, 0.3) is 5.56 Å². The smallest absolute Gasteiger partial charge is 0.263 e. The van der Waals surface area contributed by atoms with E-state index in [1.807, 2.05) is 53.8 Å². The van der Waals surface area contributed by atoms with E-state index in [-0.39, 0.29) is 17.1 Å². The number of para-hydroxylation sites is 1. The number of benzene rings is 2. The summed E-state index contributed by atoms with van der Waals surface area (Å²) >= 11 is 1.31. The van der Waals surface area contributed by atoms with E-state index in [2.05, 4.69) is 15.2 Å². The molecule has 3 heterocycles. The monoisotopic (exact) mass is 429 g/mol. The Morgan fingerprint density at radius 3 is 2.61 bits per heavy atom. The molecule has 0 aliphatic rings. The molecule has 7 nitrogen and oxygen atoms in total. The van der Waals surface area contributed by atoms with Gasteiger partial charge in [-0.15, -0.1) is 10.2 Å². The Kier molecular flexibility index (Phi) is 4.91. The Balaban J connectivity index is 1.60. The zero-order valence-electron chi connectivity index (χ0n) is 16.8. The fourth-order valence-electron chi connectivity index (χ4n) is 3.56. The van der Waals surface area contributed by atoms with Crippen molar-refractivity contribution in [2.75, 3.05) is 5.75 Å². The molecular formula is C23H19N5O2S. The number of ketones is 1. The molecule has 0 atom stereocenters. The fraction of sp³-hybridized carbons (Fsp3) is 0.130. The van der Waals surface area contributed by atoms with Crippen LogP contribution in [0.15, 0.2) is 76.8 Å². The first kappa shape index (κ1) is 19.3. The predicted octanol–water partition coefficient (Wildman–Crippen LogP) is 3.70. The highest BCUT2D eigenvalue weighted by atomic mass is 32.2. The number of rotatable bonds is 6. The normalized spacial score (nSPS) is 11.4. The van der Waals surface area contributed by atoms with Crippen LogP contribution in [0.5, 0.6) is 0 Å². The molecule has 0 amide bonds. The molecule has 5 aromatic rings. The summed E-state index contributed by atoms with van der Waals surface area (Å²) in [5.41, 5.74) is 3.33. The maximum atomic E-state index is 13.3. The summed E-state index contributed by atoms with van der Waals surface area (Å²) in [6, 6.07) is 19.0. The van der Waals surface area contributed by atoms with E-state index >= 15 is 0 Å². The second-order valence-electron chi connectivity index (χ2n) is 7.31. The van der Waals surface area contributed by atoms with Gasteiger partial charge in [0.05, 0.1) is 28.9 Å². The number of aryl methyl sites for hydroxylation is 1. The minimum absolute atomic E-state index is 0.0240. The van der Waals surface area contributed by atoms with Crippen molar-refractivity contribution in [1.82, 2.24) is 24.1 Å². The molecule has 0 fully saturated rings. The number of nitrogens with one attached hydrogen (secondary N) is 1. The number of carbonyl (C=O) groups excluding carboxylic acids is 1. The molecule has 31 heavy (non-hydrogen) atoms. The molecule has 154 valence electrons. The van der Waals surface area contributed by atoms with Crippen molar-refractivity contribution in [3.8, 4) is 0 Å². The topological polar surface area (TPSA) is 85.0 Å². The van der Waals surface area contributed by atoms with Crippen LogP contribution in [0.4, 0.5) is 0 Å². The van der Waals surface area contributed by atoms with Crippen molar-refractivity contribution >= 4 is 34.2 Å². The van der Waals surface area contributed by atoms with Crippen LogP contribution in [-0.4, -0.2) is 35.7 Å². The zero-order chi connectivity index (χ0) is 21.4. The Morgan fingerprint density at radius 2 is 1.84 bits per heavy atom. The van der Waals surface area contributed by atoms with Crippen molar-refractivity contribution in [1.29, 1.82) is 0 Å². The molecule has 0 radical (unpaired) electrons. The van der Waals surface area contributed by atoms with Gasteiger partial charge in [0, 0.05) is 6.20 Å². The number of aromatic amines is 1. The van der Waals surface area contributed by atoms with E-state index in [0.717, 1.165) is 16.6 Å². The van der Waals surface area contributed by atoms with Crippen LogP contribution in [0.25, 0.3) is 16.7 Å². The predicted molar refractivity (Wildman–Crippen MR) is 121 cm³/mol. The van der Waals surface area contributed by atoms with Crippen LogP contribution in [0.3, 0.4) is 0 Å². The zero-order valence-corrected chi connectivity index (χ0v) is 17.6. The van der Waals surface area contributed by atoms with Gasteiger partial charge in [-0.25, -0.2) is 0 Å². The van der Waals surface area contributed by atoms with Crippen LogP contribution in [0.2, 0.25) is 0 Å².